The van der Waals surface area contributed by atoms with Gasteiger partial charge in [-0.15, -0.1) is 0 Å². The van der Waals surface area contributed by atoms with Crippen LogP contribution in [0, 0.1) is 5.92 Å². The van der Waals surface area contributed by atoms with Crippen molar-refractivity contribution in [1.82, 2.24) is 0 Å². The van der Waals surface area contributed by atoms with Gasteiger partial charge in [0.15, 0.2) is 0 Å². The van der Waals surface area contributed by atoms with Crippen LogP contribution in [0.1, 0.15) is 44.9 Å². The Balaban J connectivity index is 2.04. The molecule has 3 fully saturated rings. The highest BCUT2D eigenvalue weighted by atomic mass is 16.5. The van der Waals surface area contributed by atoms with Gasteiger partial charge in [0, 0.05) is 0 Å². The van der Waals surface area contributed by atoms with E-state index < -0.39 is 0 Å². The Hall–Kier alpha value is -0.530. The Morgan fingerprint density at radius 3 is 2.67 bits per heavy atom. The Labute approximate surface area is 73.3 Å². The minimum absolute atomic E-state index is 0.0770. The number of rotatable bonds is 0. The molecule has 0 amide bonds. The van der Waals surface area contributed by atoms with Crippen molar-refractivity contribution in [2.24, 2.45) is 5.92 Å². The summed E-state index contributed by atoms with van der Waals surface area (Å²) in [6, 6.07) is 0. The summed E-state index contributed by atoms with van der Waals surface area (Å²) < 4.78 is 5.33. The summed E-state index contributed by atoms with van der Waals surface area (Å²) in [4.78, 5) is 11.4. The van der Waals surface area contributed by atoms with Gasteiger partial charge in [-0.2, -0.15) is 0 Å². The van der Waals surface area contributed by atoms with E-state index in [2.05, 4.69) is 0 Å². The molecule has 0 spiro atoms. The molecule has 0 N–H and O–H groups in total. The Morgan fingerprint density at radius 2 is 1.83 bits per heavy atom. The predicted molar refractivity (Wildman–Crippen MR) is 45.7 cm³/mol. The molecule has 2 aliphatic heterocycles. The molecule has 0 radical (unpaired) electrons. The van der Waals surface area contributed by atoms with Crippen molar-refractivity contribution in [3.63, 3.8) is 0 Å². The molecule has 68 valence electrons. The van der Waals surface area contributed by atoms with E-state index in [0.717, 1.165) is 25.7 Å². The van der Waals surface area contributed by atoms with Gasteiger partial charge in [0.25, 0.3) is 0 Å². The lowest BCUT2D eigenvalue weighted by Gasteiger charge is -2.26. The van der Waals surface area contributed by atoms with Crippen molar-refractivity contribution in [3.8, 4) is 0 Å². The molecule has 12 heavy (non-hydrogen) atoms. The maximum absolute atomic E-state index is 11.4. The van der Waals surface area contributed by atoms with Crippen molar-refractivity contribution in [2.45, 2.75) is 51.0 Å². The van der Waals surface area contributed by atoms with Gasteiger partial charge in [-0.1, -0.05) is 12.8 Å². The summed E-state index contributed by atoms with van der Waals surface area (Å²) in [6.07, 6.45) is 8.33. The van der Waals surface area contributed by atoms with E-state index in [1.54, 1.807) is 0 Å². The van der Waals surface area contributed by atoms with Gasteiger partial charge in [-0.25, -0.2) is 0 Å². The zero-order valence-corrected chi connectivity index (χ0v) is 7.42. The summed E-state index contributed by atoms with van der Waals surface area (Å²) in [5, 5.41) is 0. The number of fused-ring (bicyclic) bond motifs is 6. The average Bonchev–Trinajstić information content (AvgIpc) is 2.21. The predicted octanol–water partition coefficient (Wildman–Crippen LogP) is 2.27. The van der Waals surface area contributed by atoms with Gasteiger partial charge < -0.3 is 4.74 Å². The highest BCUT2D eigenvalue weighted by Gasteiger charge is 2.30. The zero-order valence-electron chi connectivity index (χ0n) is 7.42. The van der Waals surface area contributed by atoms with Crippen LogP contribution in [0.5, 0.6) is 0 Å². The van der Waals surface area contributed by atoms with Crippen LogP contribution in [0.25, 0.3) is 0 Å². The second-order valence-corrected chi connectivity index (χ2v) is 3.97. The van der Waals surface area contributed by atoms with Crippen molar-refractivity contribution in [2.75, 3.05) is 0 Å². The van der Waals surface area contributed by atoms with Crippen LogP contribution in [0.15, 0.2) is 0 Å². The minimum Gasteiger partial charge on any atom is -0.462 e. The summed E-state index contributed by atoms with van der Waals surface area (Å²) in [5.41, 5.74) is 0. The first-order valence-electron chi connectivity index (χ1n) is 5.07. The van der Waals surface area contributed by atoms with Gasteiger partial charge in [-0.05, 0) is 32.1 Å². The molecule has 3 aliphatic rings. The number of esters is 1. The summed E-state index contributed by atoms with van der Waals surface area (Å²) >= 11 is 0. The average molecular weight is 168 g/mol. The summed E-state index contributed by atoms with van der Waals surface area (Å²) in [7, 11) is 0. The van der Waals surface area contributed by atoms with Crippen molar-refractivity contribution < 1.29 is 9.53 Å². The number of ether oxygens (including phenoxy) is 1. The van der Waals surface area contributed by atoms with E-state index in [1.807, 2.05) is 0 Å². The van der Waals surface area contributed by atoms with E-state index in [0.29, 0.717) is 0 Å². The molecule has 0 aromatic rings. The highest BCUT2D eigenvalue weighted by molar-refractivity contribution is 5.73. The lowest BCUT2D eigenvalue weighted by atomic mass is 9.94. The summed E-state index contributed by atoms with van der Waals surface area (Å²) in [6.45, 7) is 0. The second kappa shape index (κ2) is 3.46. The van der Waals surface area contributed by atoms with Crippen molar-refractivity contribution in [1.29, 1.82) is 0 Å². The van der Waals surface area contributed by atoms with E-state index in [9.17, 15) is 4.79 Å². The van der Waals surface area contributed by atoms with E-state index in [1.165, 1.54) is 19.3 Å². The fraction of sp³-hybridized carbons (Fsp3) is 0.900. The lowest BCUT2D eigenvalue weighted by Crippen LogP contribution is -2.30. The molecular weight excluding hydrogens is 152 g/mol. The first-order valence-corrected chi connectivity index (χ1v) is 5.07. The van der Waals surface area contributed by atoms with E-state index in [4.69, 9.17) is 4.74 Å². The SMILES string of the molecule is O=C1OC2CCCCCC1CC2. The normalized spacial score (nSPS) is 36.5. The summed E-state index contributed by atoms with van der Waals surface area (Å²) in [5.74, 6) is 0.312. The monoisotopic (exact) mass is 168 g/mol. The Morgan fingerprint density at radius 1 is 1.00 bits per heavy atom. The van der Waals surface area contributed by atoms with Crippen LogP contribution in [0.4, 0.5) is 0 Å². The molecule has 3 rings (SSSR count). The topological polar surface area (TPSA) is 26.3 Å². The maximum Gasteiger partial charge on any atom is 0.309 e. The number of carbonyl (C=O) groups excluding carboxylic acids is 1. The molecule has 2 bridgehead atoms. The lowest BCUT2D eigenvalue weighted by molar-refractivity contribution is -0.160. The zero-order chi connectivity index (χ0) is 8.39. The number of carbonyl (C=O) groups is 1. The maximum atomic E-state index is 11.4. The highest BCUT2D eigenvalue weighted by Crippen LogP contribution is 2.29. The molecule has 0 aromatic heterocycles. The van der Waals surface area contributed by atoms with Crippen molar-refractivity contribution >= 4 is 5.97 Å². The number of hydrogen-bond acceptors (Lipinski definition) is 2. The molecule has 1 saturated carbocycles. The first kappa shape index (κ1) is 8.09. The van der Waals surface area contributed by atoms with Gasteiger partial charge >= 0.3 is 5.97 Å². The standard InChI is InChI=1S/C10H16O2/c11-10-8-4-2-1-3-5-9(12-10)7-6-8/h8-9H,1-7H2. The molecule has 2 unspecified atom stereocenters. The Bertz CT molecular complexity index is 173. The molecule has 2 saturated heterocycles. The van der Waals surface area contributed by atoms with E-state index in [-0.39, 0.29) is 18.0 Å². The van der Waals surface area contributed by atoms with Crippen LogP contribution in [-0.4, -0.2) is 12.1 Å². The largest absolute Gasteiger partial charge is 0.462 e. The Kier molecular flexibility index (Phi) is 2.33. The molecular formula is C10H16O2. The molecule has 2 heteroatoms. The third-order valence-electron chi connectivity index (χ3n) is 3.03. The first-order chi connectivity index (χ1) is 5.86. The molecule has 2 atom stereocenters. The third-order valence-corrected chi connectivity index (χ3v) is 3.03. The molecule has 2 heterocycles. The quantitative estimate of drug-likeness (QED) is 0.519. The second-order valence-electron chi connectivity index (χ2n) is 3.97. The van der Waals surface area contributed by atoms with Crippen molar-refractivity contribution in [3.05, 3.63) is 0 Å². The van der Waals surface area contributed by atoms with Gasteiger partial charge in [0.2, 0.25) is 0 Å². The van der Waals surface area contributed by atoms with Gasteiger partial charge in [-0.3, -0.25) is 4.79 Å². The van der Waals surface area contributed by atoms with Crippen LogP contribution in [0.3, 0.4) is 0 Å². The fourth-order valence-electron chi connectivity index (χ4n) is 2.23. The molecule has 0 aromatic carbocycles. The van der Waals surface area contributed by atoms with Crippen LogP contribution >= 0.6 is 0 Å². The fourth-order valence-corrected chi connectivity index (χ4v) is 2.23. The molecule has 1 aliphatic carbocycles. The van der Waals surface area contributed by atoms with Crippen LogP contribution < -0.4 is 0 Å². The van der Waals surface area contributed by atoms with Gasteiger partial charge in [0.05, 0.1) is 5.92 Å². The van der Waals surface area contributed by atoms with Crippen LogP contribution in [0.2, 0.25) is 0 Å². The molecule has 2 nitrogen and oxygen atoms in total. The van der Waals surface area contributed by atoms with Gasteiger partial charge in [0.1, 0.15) is 6.10 Å². The van der Waals surface area contributed by atoms with E-state index >= 15 is 0 Å². The third kappa shape index (κ3) is 1.62. The minimum atomic E-state index is 0.0770. The smallest absolute Gasteiger partial charge is 0.309 e. The number of hydrogen-bond donors (Lipinski definition) is 0. The van der Waals surface area contributed by atoms with Crippen LogP contribution in [-0.2, 0) is 9.53 Å².